The number of carbonyl (C=O) groups excluding carboxylic acids is 1. The van der Waals surface area contributed by atoms with E-state index < -0.39 is 0 Å². The zero-order chi connectivity index (χ0) is 22.8. The fourth-order valence-corrected chi connectivity index (χ4v) is 6.41. The summed E-state index contributed by atoms with van der Waals surface area (Å²) >= 11 is 2.92. The van der Waals surface area contributed by atoms with Crippen LogP contribution in [0.5, 0.6) is 0 Å². The Balaban J connectivity index is 1.49. The maximum Gasteiger partial charge on any atom is 0.267 e. The lowest BCUT2D eigenvalue weighted by Crippen LogP contribution is -2.28. The number of nitrogens with one attached hydrogen (secondary N) is 1. The van der Waals surface area contributed by atoms with Crippen molar-refractivity contribution in [1.29, 1.82) is 0 Å². The first-order valence-electron chi connectivity index (χ1n) is 11.2. The molecule has 1 aliphatic carbocycles. The Kier molecular flexibility index (Phi) is 6.37. The summed E-state index contributed by atoms with van der Waals surface area (Å²) in [7, 11) is 0. The Morgan fingerprint density at radius 1 is 1.18 bits per heavy atom. The second kappa shape index (κ2) is 9.57. The van der Waals surface area contributed by atoms with Gasteiger partial charge in [0.15, 0.2) is 5.16 Å². The molecule has 1 N–H and O–H groups in total. The van der Waals surface area contributed by atoms with Crippen LogP contribution in [0.1, 0.15) is 48.4 Å². The lowest BCUT2D eigenvalue weighted by Gasteiger charge is -2.14. The Morgan fingerprint density at radius 3 is 2.79 bits per heavy atom. The van der Waals surface area contributed by atoms with Gasteiger partial charge >= 0.3 is 0 Å². The quantitative estimate of drug-likeness (QED) is 0.231. The van der Waals surface area contributed by atoms with Crippen LogP contribution in [0.2, 0.25) is 0 Å². The molecule has 1 amide bonds. The van der Waals surface area contributed by atoms with Crippen LogP contribution in [0.25, 0.3) is 15.9 Å². The van der Waals surface area contributed by atoms with Crippen molar-refractivity contribution in [3.05, 3.63) is 75.3 Å². The minimum Gasteiger partial charge on any atom is -0.467 e. The molecule has 0 radical (unpaired) electrons. The number of rotatable bonds is 6. The summed E-state index contributed by atoms with van der Waals surface area (Å²) in [5.74, 6) is 0.718. The van der Waals surface area contributed by atoms with Crippen molar-refractivity contribution in [3.63, 3.8) is 0 Å². The highest BCUT2D eigenvalue weighted by Gasteiger charge is 2.23. The maximum absolute atomic E-state index is 13.8. The topological polar surface area (TPSA) is 77.1 Å². The molecule has 3 aromatic heterocycles. The molecule has 1 unspecified atom stereocenters. The van der Waals surface area contributed by atoms with Gasteiger partial charge in [-0.15, -0.1) is 11.3 Å². The van der Waals surface area contributed by atoms with Crippen molar-refractivity contribution < 1.29 is 9.21 Å². The molecule has 0 aliphatic heterocycles. The Labute approximate surface area is 200 Å². The summed E-state index contributed by atoms with van der Waals surface area (Å²) in [6, 6.07) is 13.0. The predicted octanol–water partition coefficient (Wildman–Crippen LogP) is 5.28. The number of aryl methyl sites for hydroxylation is 2. The van der Waals surface area contributed by atoms with Crippen LogP contribution < -0.4 is 10.9 Å². The second-order valence-corrected chi connectivity index (χ2v) is 10.2. The highest BCUT2D eigenvalue weighted by atomic mass is 32.2. The summed E-state index contributed by atoms with van der Waals surface area (Å²) < 4.78 is 7.03. The van der Waals surface area contributed by atoms with Gasteiger partial charge in [0.2, 0.25) is 5.91 Å². The van der Waals surface area contributed by atoms with E-state index in [4.69, 9.17) is 9.40 Å². The number of thioether (sulfide) groups is 1. The molecule has 1 atom stereocenters. The zero-order valence-corrected chi connectivity index (χ0v) is 20.0. The molecule has 170 valence electrons. The summed E-state index contributed by atoms with van der Waals surface area (Å²) in [5, 5.41) is 4.23. The van der Waals surface area contributed by atoms with Gasteiger partial charge in [0.25, 0.3) is 5.56 Å². The lowest BCUT2D eigenvalue weighted by molar-refractivity contribution is -0.119. The van der Waals surface area contributed by atoms with Crippen molar-refractivity contribution >= 4 is 39.2 Å². The van der Waals surface area contributed by atoms with E-state index in [2.05, 4.69) is 5.32 Å². The minimum absolute atomic E-state index is 0.0440. The first kappa shape index (κ1) is 22.0. The lowest BCUT2D eigenvalue weighted by atomic mass is 10.1. The third kappa shape index (κ3) is 4.50. The number of furan rings is 1. The van der Waals surface area contributed by atoms with Crippen LogP contribution in [0, 0.1) is 0 Å². The fourth-order valence-electron chi connectivity index (χ4n) is 4.29. The maximum atomic E-state index is 13.8. The van der Waals surface area contributed by atoms with Crippen LogP contribution in [0.4, 0.5) is 0 Å². The van der Waals surface area contributed by atoms with Gasteiger partial charge in [0, 0.05) is 4.88 Å². The fraction of sp³-hybridized carbons (Fsp3) is 0.320. The number of fused-ring (bicyclic) bond motifs is 3. The number of hydrogen-bond acceptors (Lipinski definition) is 6. The van der Waals surface area contributed by atoms with Crippen molar-refractivity contribution in [3.8, 4) is 5.69 Å². The van der Waals surface area contributed by atoms with Gasteiger partial charge in [-0.05, 0) is 62.4 Å². The molecule has 33 heavy (non-hydrogen) atoms. The molecular weight excluding hydrogens is 454 g/mol. The van der Waals surface area contributed by atoms with Crippen molar-refractivity contribution in [1.82, 2.24) is 14.9 Å². The highest BCUT2D eigenvalue weighted by molar-refractivity contribution is 7.99. The number of amides is 1. The summed E-state index contributed by atoms with van der Waals surface area (Å²) in [4.78, 5) is 33.4. The van der Waals surface area contributed by atoms with E-state index in [9.17, 15) is 9.59 Å². The SMILES string of the molecule is CC(NC(=O)CSc1nc2sc3c(c2c(=O)n1-c1ccccc1)CCCCC3)c1ccco1. The van der Waals surface area contributed by atoms with E-state index in [1.54, 1.807) is 28.2 Å². The van der Waals surface area contributed by atoms with Crippen molar-refractivity contribution in [2.24, 2.45) is 0 Å². The largest absolute Gasteiger partial charge is 0.467 e. The van der Waals surface area contributed by atoms with Gasteiger partial charge in [-0.25, -0.2) is 4.98 Å². The molecular formula is C25H25N3O3S2. The van der Waals surface area contributed by atoms with Crippen LogP contribution in [-0.4, -0.2) is 21.2 Å². The number of nitrogens with zero attached hydrogens (tertiary/aromatic N) is 2. The van der Waals surface area contributed by atoms with Crippen molar-refractivity contribution in [2.75, 3.05) is 5.75 Å². The molecule has 4 aromatic rings. The van der Waals surface area contributed by atoms with Crippen LogP contribution >= 0.6 is 23.1 Å². The Morgan fingerprint density at radius 2 is 2.00 bits per heavy atom. The third-order valence-electron chi connectivity index (χ3n) is 5.90. The molecule has 3 heterocycles. The average Bonchev–Trinajstić information content (AvgIpc) is 3.42. The molecule has 0 spiro atoms. The molecule has 5 rings (SSSR count). The Hall–Kier alpha value is -2.84. The van der Waals surface area contributed by atoms with Gasteiger partial charge in [0.05, 0.1) is 29.1 Å². The van der Waals surface area contributed by atoms with E-state index in [0.717, 1.165) is 41.6 Å². The molecule has 0 saturated carbocycles. The van der Waals surface area contributed by atoms with Crippen molar-refractivity contribution in [2.45, 2.75) is 50.2 Å². The van der Waals surface area contributed by atoms with Gasteiger partial charge < -0.3 is 9.73 Å². The van der Waals surface area contributed by atoms with Gasteiger partial charge in [0.1, 0.15) is 10.6 Å². The van der Waals surface area contributed by atoms with Gasteiger partial charge in [-0.2, -0.15) is 0 Å². The van der Waals surface area contributed by atoms with E-state index in [1.807, 2.05) is 43.3 Å². The molecule has 0 fully saturated rings. The predicted molar refractivity (Wildman–Crippen MR) is 132 cm³/mol. The number of aromatic nitrogens is 2. The van der Waals surface area contributed by atoms with Crippen LogP contribution in [-0.2, 0) is 17.6 Å². The van der Waals surface area contributed by atoms with Crippen LogP contribution in [0.15, 0.2) is 63.1 Å². The van der Waals surface area contributed by atoms with E-state index in [-0.39, 0.29) is 23.3 Å². The van der Waals surface area contributed by atoms with E-state index in [1.165, 1.54) is 28.6 Å². The minimum atomic E-state index is -0.229. The molecule has 6 nitrogen and oxygen atoms in total. The normalized spacial score (nSPS) is 14.6. The summed E-state index contributed by atoms with van der Waals surface area (Å²) in [5.41, 5.74) is 1.89. The second-order valence-electron chi connectivity index (χ2n) is 8.21. The van der Waals surface area contributed by atoms with E-state index in [0.29, 0.717) is 10.9 Å². The average molecular weight is 480 g/mol. The number of thiophene rings is 1. The smallest absolute Gasteiger partial charge is 0.267 e. The third-order valence-corrected chi connectivity index (χ3v) is 8.03. The number of para-hydroxylation sites is 1. The van der Waals surface area contributed by atoms with E-state index >= 15 is 0 Å². The standard InChI is InChI=1S/C25H25N3O3S2/c1-16(19-12-8-14-31-19)26-21(29)15-32-25-27-23-22(18-11-6-3-7-13-20(18)33-23)24(30)28(25)17-9-4-2-5-10-17/h2,4-5,8-10,12,14,16H,3,6-7,11,13,15H2,1H3,(H,26,29). The molecule has 1 aliphatic rings. The first-order valence-corrected chi connectivity index (χ1v) is 13.0. The number of hydrogen-bond donors (Lipinski definition) is 1. The monoisotopic (exact) mass is 479 g/mol. The first-order chi connectivity index (χ1) is 16.1. The van der Waals surface area contributed by atoms with Crippen LogP contribution in [0.3, 0.4) is 0 Å². The summed E-state index contributed by atoms with van der Waals surface area (Å²) in [6.07, 6.45) is 6.99. The van der Waals surface area contributed by atoms with Gasteiger partial charge in [-0.1, -0.05) is 36.4 Å². The Bertz CT molecular complexity index is 1330. The molecule has 0 saturated heterocycles. The molecule has 0 bridgehead atoms. The highest BCUT2D eigenvalue weighted by Crippen LogP contribution is 2.34. The number of benzene rings is 1. The van der Waals surface area contributed by atoms with Gasteiger partial charge in [-0.3, -0.25) is 14.2 Å². The molecule has 8 heteroatoms. The zero-order valence-electron chi connectivity index (χ0n) is 18.4. The molecule has 1 aromatic carbocycles. The summed E-state index contributed by atoms with van der Waals surface area (Å²) in [6.45, 7) is 1.88. The number of carbonyl (C=O) groups is 1.